The predicted octanol–water partition coefficient (Wildman–Crippen LogP) is 1.89. The third-order valence-corrected chi connectivity index (χ3v) is 3.98. The molecule has 1 aromatic rings. The van der Waals surface area contributed by atoms with E-state index in [9.17, 15) is 19.5 Å². The second-order valence-electron chi connectivity index (χ2n) is 5.28. The van der Waals surface area contributed by atoms with Gasteiger partial charge in [0.1, 0.15) is 11.3 Å². The lowest BCUT2D eigenvalue weighted by molar-refractivity contribution is -0.132. The third-order valence-electron chi connectivity index (χ3n) is 3.98. The molecule has 5 nitrogen and oxygen atoms in total. The summed E-state index contributed by atoms with van der Waals surface area (Å²) in [6.45, 7) is 1.24. The number of aliphatic carboxylic acids is 1. The van der Waals surface area contributed by atoms with Crippen LogP contribution in [0.2, 0.25) is 0 Å². The summed E-state index contributed by atoms with van der Waals surface area (Å²) in [4.78, 5) is 38.4. The zero-order chi connectivity index (χ0) is 15.0. The number of carbonyl (C=O) groups is 3. The van der Waals surface area contributed by atoms with E-state index in [0.29, 0.717) is 18.7 Å². The molecule has 1 fully saturated rings. The van der Waals surface area contributed by atoms with E-state index in [1.807, 2.05) is 0 Å². The molecular weight excluding hydrogens is 270 g/mol. The van der Waals surface area contributed by atoms with E-state index in [0.717, 1.165) is 19.3 Å². The molecule has 1 aliphatic carbocycles. The molecule has 1 aromatic carbocycles. The highest BCUT2D eigenvalue weighted by Crippen LogP contribution is 2.30. The molecule has 0 saturated carbocycles. The van der Waals surface area contributed by atoms with E-state index < -0.39 is 11.8 Å². The molecule has 0 atom stereocenters. The van der Waals surface area contributed by atoms with Crippen LogP contribution >= 0.6 is 0 Å². The van der Waals surface area contributed by atoms with E-state index in [-0.39, 0.29) is 22.6 Å². The van der Waals surface area contributed by atoms with Gasteiger partial charge < -0.3 is 10.0 Å². The number of hydrogen-bond donors (Lipinski definition) is 1. The van der Waals surface area contributed by atoms with Gasteiger partial charge in [0.05, 0.1) is 0 Å². The van der Waals surface area contributed by atoms with Gasteiger partial charge in [-0.1, -0.05) is 24.3 Å². The Balaban J connectivity index is 2.17. The van der Waals surface area contributed by atoms with Crippen LogP contribution in [0.3, 0.4) is 0 Å². The Bertz CT molecular complexity index is 669. The minimum atomic E-state index is -1.33. The molecule has 21 heavy (non-hydrogen) atoms. The number of likely N-dealkylation sites (tertiary alicyclic amines) is 1. The van der Waals surface area contributed by atoms with Crippen molar-refractivity contribution in [3.05, 3.63) is 46.7 Å². The first kappa shape index (κ1) is 13.5. The predicted molar refractivity (Wildman–Crippen MR) is 75.2 cm³/mol. The van der Waals surface area contributed by atoms with E-state index in [4.69, 9.17) is 0 Å². The van der Waals surface area contributed by atoms with Crippen LogP contribution in [-0.4, -0.2) is 40.6 Å². The maximum atomic E-state index is 12.7. The van der Waals surface area contributed by atoms with Gasteiger partial charge in [0.25, 0.3) is 0 Å². The summed E-state index contributed by atoms with van der Waals surface area (Å²) in [6.07, 6.45) is 2.87. The number of allylic oxidation sites excluding steroid dienone is 1. The fourth-order valence-corrected chi connectivity index (χ4v) is 2.98. The van der Waals surface area contributed by atoms with E-state index in [1.165, 1.54) is 6.07 Å². The number of carboxylic acid groups (broad SMARTS) is 1. The van der Waals surface area contributed by atoms with Crippen molar-refractivity contribution in [1.29, 1.82) is 0 Å². The molecule has 3 rings (SSSR count). The quantitative estimate of drug-likeness (QED) is 0.840. The molecule has 0 aromatic heterocycles. The SMILES string of the molecule is O=C(O)C1=C(N2CCCCC2)C(=O)c2ccccc2C1=O. The van der Waals surface area contributed by atoms with Crippen molar-refractivity contribution in [3.8, 4) is 0 Å². The number of ketones is 2. The van der Waals surface area contributed by atoms with Gasteiger partial charge in [-0.3, -0.25) is 9.59 Å². The van der Waals surface area contributed by atoms with Crippen molar-refractivity contribution < 1.29 is 19.5 Å². The lowest BCUT2D eigenvalue weighted by Crippen LogP contribution is -2.39. The molecule has 1 aliphatic heterocycles. The molecule has 0 bridgehead atoms. The largest absolute Gasteiger partial charge is 0.477 e. The van der Waals surface area contributed by atoms with Crippen molar-refractivity contribution in [2.75, 3.05) is 13.1 Å². The number of piperidine rings is 1. The average Bonchev–Trinajstić information content (AvgIpc) is 2.51. The fraction of sp³-hybridized carbons (Fsp3) is 0.312. The number of rotatable bonds is 2. The van der Waals surface area contributed by atoms with Crippen molar-refractivity contribution in [3.63, 3.8) is 0 Å². The summed E-state index contributed by atoms with van der Waals surface area (Å²) >= 11 is 0. The summed E-state index contributed by atoms with van der Waals surface area (Å²) < 4.78 is 0. The Morgan fingerprint density at radius 2 is 1.52 bits per heavy atom. The van der Waals surface area contributed by atoms with Gasteiger partial charge in [-0.15, -0.1) is 0 Å². The van der Waals surface area contributed by atoms with Crippen molar-refractivity contribution >= 4 is 17.5 Å². The maximum absolute atomic E-state index is 12.7. The number of carboxylic acids is 1. The zero-order valence-electron chi connectivity index (χ0n) is 11.5. The minimum absolute atomic E-state index is 0.0610. The molecule has 0 spiro atoms. The summed E-state index contributed by atoms with van der Waals surface area (Å²) in [6, 6.07) is 6.41. The summed E-state index contributed by atoms with van der Waals surface area (Å²) in [5.74, 6) is -2.26. The number of benzene rings is 1. The van der Waals surface area contributed by atoms with Crippen LogP contribution in [0.15, 0.2) is 35.5 Å². The second kappa shape index (κ2) is 5.16. The van der Waals surface area contributed by atoms with Gasteiger partial charge >= 0.3 is 5.97 Å². The first-order chi connectivity index (χ1) is 10.1. The molecule has 2 aliphatic rings. The van der Waals surface area contributed by atoms with Crippen molar-refractivity contribution in [2.24, 2.45) is 0 Å². The van der Waals surface area contributed by atoms with Gasteiger partial charge in [-0.2, -0.15) is 0 Å². The summed E-state index contributed by atoms with van der Waals surface area (Å²) in [5, 5.41) is 9.40. The Morgan fingerprint density at radius 3 is 2.10 bits per heavy atom. The Morgan fingerprint density at radius 1 is 0.952 bits per heavy atom. The first-order valence-corrected chi connectivity index (χ1v) is 7.02. The average molecular weight is 285 g/mol. The van der Waals surface area contributed by atoms with Crippen LogP contribution in [0, 0.1) is 0 Å². The van der Waals surface area contributed by atoms with Crippen LogP contribution in [0.5, 0.6) is 0 Å². The maximum Gasteiger partial charge on any atom is 0.342 e. The lowest BCUT2D eigenvalue weighted by Gasteiger charge is -2.33. The highest BCUT2D eigenvalue weighted by atomic mass is 16.4. The van der Waals surface area contributed by atoms with E-state index >= 15 is 0 Å². The highest BCUT2D eigenvalue weighted by molar-refractivity contribution is 6.35. The van der Waals surface area contributed by atoms with E-state index in [1.54, 1.807) is 23.1 Å². The molecular formula is C16H15NO4. The third kappa shape index (κ3) is 2.14. The fourth-order valence-electron chi connectivity index (χ4n) is 2.98. The van der Waals surface area contributed by atoms with Crippen molar-refractivity contribution in [1.82, 2.24) is 4.90 Å². The summed E-state index contributed by atoms with van der Waals surface area (Å²) in [5.41, 5.74) is 0.153. The first-order valence-electron chi connectivity index (χ1n) is 7.02. The topological polar surface area (TPSA) is 74.7 Å². The van der Waals surface area contributed by atoms with Gasteiger partial charge in [-0.25, -0.2) is 4.79 Å². The van der Waals surface area contributed by atoms with Gasteiger partial charge in [0, 0.05) is 24.2 Å². The number of hydrogen-bond acceptors (Lipinski definition) is 4. The Labute approximate surface area is 121 Å². The number of Topliss-reactive ketones (excluding diaryl/α,β-unsaturated/α-hetero) is 2. The normalized spacial score (nSPS) is 18.8. The minimum Gasteiger partial charge on any atom is -0.477 e. The molecule has 1 N–H and O–H groups in total. The van der Waals surface area contributed by atoms with Crippen LogP contribution in [-0.2, 0) is 4.79 Å². The molecule has 108 valence electrons. The molecule has 0 unspecified atom stereocenters. The van der Waals surface area contributed by atoms with Crippen molar-refractivity contribution in [2.45, 2.75) is 19.3 Å². The van der Waals surface area contributed by atoms with Gasteiger partial charge in [-0.05, 0) is 19.3 Å². The summed E-state index contributed by atoms with van der Waals surface area (Å²) in [7, 11) is 0. The van der Waals surface area contributed by atoms with Crippen LogP contribution in [0.1, 0.15) is 40.0 Å². The second-order valence-corrected chi connectivity index (χ2v) is 5.28. The van der Waals surface area contributed by atoms with E-state index in [2.05, 4.69) is 0 Å². The Hall–Kier alpha value is -2.43. The number of fused-ring (bicyclic) bond motifs is 1. The molecule has 1 heterocycles. The smallest absolute Gasteiger partial charge is 0.342 e. The van der Waals surface area contributed by atoms with Gasteiger partial charge in [0.15, 0.2) is 0 Å². The standard InChI is InChI=1S/C16H15NO4/c18-14-10-6-2-3-7-11(10)15(19)13(12(14)16(20)21)17-8-4-1-5-9-17/h2-3,6-7H,1,4-5,8-9H2,(H,20,21). The molecule has 5 heteroatoms. The number of carbonyl (C=O) groups excluding carboxylic acids is 2. The van der Waals surface area contributed by atoms with Crippen LogP contribution < -0.4 is 0 Å². The van der Waals surface area contributed by atoms with Crippen LogP contribution in [0.4, 0.5) is 0 Å². The highest BCUT2D eigenvalue weighted by Gasteiger charge is 2.38. The Kier molecular flexibility index (Phi) is 3.33. The molecule has 0 amide bonds. The van der Waals surface area contributed by atoms with Gasteiger partial charge in [0.2, 0.25) is 11.6 Å². The van der Waals surface area contributed by atoms with Crippen LogP contribution in [0.25, 0.3) is 0 Å². The molecule has 0 radical (unpaired) electrons. The molecule has 1 saturated heterocycles. The zero-order valence-corrected chi connectivity index (χ0v) is 11.5. The monoisotopic (exact) mass is 285 g/mol. The lowest BCUT2D eigenvalue weighted by atomic mass is 9.86. The number of nitrogens with zero attached hydrogens (tertiary/aromatic N) is 1.